The summed E-state index contributed by atoms with van der Waals surface area (Å²) < 4.78 is 9.26. The van der Waals surface area contributed by atoms with Crippen molar-refractivity contribution in [2.75, 3.05) is 19.8 Å². The molecule has 0 heterocycles. The van der Waals surface area contributed by atoms with Gasteiger partial charge in [0, 0.05) is 19.6 Å². The largest absolute Gasteiger partial charge is 0.457 e. The smallest absolute Gasteiger partial charge is 0.417 e. The standard InChI is InChI=1S/C6H11O3/c1-2-8-4-3-5-9-6-7/h2-5H2,1H3. The van der Waals surface area contributed by atoms with E-state index >= 15 is 0 Å². The average molecular weight is 131 g/mol. The molecular weight excluding hydrogens is 120 g/mol. The molecule has 0 aliphatic carbocycles. The Morgan fingerprint density at radius 2 is 2.22 bits per heavy atom. The molecule has 0 saturated carbocycles. The molecule has 0 fully saturated rings. The molecule has 9 heavy (non-hydrogen) atoms. The van der Waals surface area contributed by atoms with Crippen LogP contribution in [0.2, 0.25) is 0 Å². The topological polar surface area (TPSA) is 35.5 Å². The van der Waals surface area contributed by atoms with E-state index in [4.69, 9.17) is 4.74 Å². The van der Waals surface area contributed by atoms with Crippen molar-refractivity contribution in [3.05, 3.63) is 0 Å². The number of carbonyl (C=O) groups excluding carboxylic acids is 1. The summed E-state index contributed by atoms with van der Waals surface area (Å²) in [6.07, 6.45) is 0.753. The third kappa shape index (κ3) is 7.43. The van der Waals surface area contributed by atoms with Crippen molar-refractivity contribution in [2.45, 2.75) is 13.3 Å². The Balaban J connectivity index is 2.66. The molecule has 53 valence electrons. The maximum atomic E-state index is 9.45. The first kappa shape index (κ1) is 8.43. The second-order valence-electron chi connectivity index (χ2n) is 1.48. The van der Waals surface area contributed by atoms with Gasteiger partial charge in [-0.3, -0.25) is 0 Å². The molecule has 0 aliphatic heterocycles. The molecule has 0 N–H and O–H groups in total. The van der Waals surface area contributed by atoms with Crippen molar-refractivity contribution in [3.63, 3.8) is 0 Å². The molecule has 0 aromatic rings. The third-order valence-corrected chi connectivity index (χ3v) is 0.798. The van der Waals surface area contributed by atoms with Crippen LogP contribution in [0.15, 0.2) is 0 Å². The van der Waals surface area contributed by atoms with Crippen LogP contribution in [0.5, 0.6) is 0 Å². The lowest BCUT2D eigenvalue weighted by Crippen LogP contribution is -1.98. The number of rotatable bonds is 6. The Labute approximate surface area is 55.0 Å². The van der Waals surface area contributed by atoms with Gasteiger partial charge in [0.2, 0.25) is 0 Å². The van der Waals surface area contributed by atoms with Gasteiger partial charge in [0.25, 0.3) is 0 Å². The Kier molecular flexibility index (Phi) is 6.96. The summed E-state index contributed by atoms with van der Waals surface area (Å²) in [5.41, 5.74) is 0. The van der Waals surface area contributed by atoms with Crippen LogP contribution in [0.25, 0.3) is 0 Å². The van der Waals surface area contributed by atoms with E-state index in [1.54, 1.807) is 0 Å². The Morgan fingerprint density at radius 1 is 1.44 bits per heavy atom. The van der Waals surface area contributed by atoms with Gasteiger partial charge in [-0.05, 0) is 6.92 Å². The summed E-state index contributed by atoms with van der Waals surface area (Å²) in [5.74, 6) is 0. The molecule has 3 nitrogen and oxygen atoms in total. The minimum atomic E-state index is 0.406. The van der Waals surface area contributed by atoms with Gasteiger partial charge in [0.15, 0.2) is 0 Å². The molecule has 0 bridgehead atoms. The lowest BCUT2D eigenvalue weighted by Gasteiger charge is -1.97. The van der Waals surface area contributed by atoms with Crippen LogP contribution in [-0.2, 0) is 14.3 Å². The van der Waals surface area contributed by atoms with Crippen molar-refractivity contribution in [3.8, 4) is 0 Å². The average Bonchev–Trinajstić information content (AvgIpc) is 1.89. The van der Waals surface area contributed by atoms with Gasteiger partial charge in [0.05, 0.1) is 6.61 Å². The molecule has 3 heteroatoms. The van der Waals surface area contributed by atoms with Crippen molar-refractivity contribution in [2.24, 2.45) is 0 Å². The fourth-order valence-electron chi connectivity index (χ4n) is 0.419. The van der Waals surface area contributed by atoms with Crippen LogP contribution in [0.3, 0.4) is 0 Å². The molecule has 0 unspecified atom stereocenters. The molecule has 0 aliphatic rings. The fourth-order valence-corrected chi connectivity index (χ4v) is 0.419. The monoisotopic (exact) mass is 131 g/mol. The van der Waals surface area contributed by atoms with Gasteiger partial charge < -0.3 is 9.47 Å². The molecule has 0 aromatic heterocycles. The summed E-state index contributed by atoms with van der Waals surface area (Å²) in [6.45, 7) is 5.03. The van der Waals surface area contributed by atoms with E-state index in [0.29, 0.717) is 19.8 Å². The minimum absolute atomic E-state index is 0.406. The van der Waals surface area contributed by atoms with E-state index in [1.807, 2.05) is 6.92 Å². The van der Waals surface area contributed by atoms with Crippen molar-refractivity contribution in [1.29, 1.82) is 0 Å². The predicted octanol–water partition coefficient (Wildman–Crippen LogP) is 0.497. The SMILES string of the molecule is CCOCCCO[C]=O. The van der Waals surface area contributed by atoms with E-state index in [1.165, 1.54) is 6.47 Å². The van der Waals surface area contributed by atoms with Gasteiger partial charge in [0.1, 0.15) is 0 Å². The van der Waals surface area contributed by atoms with Crippen LogP contribution >= 0.6 is 0 Å². The van der Waals surface area contributed by atoms with Gasteiger partial charge in [-0.15, -0.1) is 0 Å². The highest BCUT2D eigenvalue weighted by Crippen LogP contribution is 1.81. The first-order valence-electron chi connectivity index (χ1n) is 2.98. The summed E-state index contributed by atoms with van der Waals surface area (Å²) in [4.78, 5) is 9.45. The highest BCUT2D eigenvalue weighted by Gasteiger charge is 1.85. The zero-order chi connectivity index (χ0) is 6.95. The third-order valence-electron chi connectivity index (χ3n) is 0.798. The molecule has 0 atom stereocenters. The lowest BCUT2D eigenvalue weighted by molar-refractivity contribution is 0.128. The van der Waals surface area contributed by atoms with Crippen LogP contribution in [-0.4, -0.2) is 26.3 Å². The molecule has 0 amide bonds. The molecule has 0 spiro atoms. The normalized spacial score (nSPS) is 9.00. The highest BCUT2D eigenvalue weighted by atomic mass is 16.5. The van der Waals surface area contributed by atoms with E-state index in [0.717, 1.165) is 6.42 Å². The highest BCUT2D eigenvalue weighted by molar-refractivity contribution is 5.37. The quantitative estimate of drug-likeness (QED) is 0.492. The summed E-state index contributed by atoms with van der Waals surface area (Å²) in [5, 5.41) is 0. The van der Waals surface area contributed by atoms with Crippen LogP contribution in [0, 0.1) is 0 Å². The zero-order valence-corrected chi connectivity index (χ0v) is 5.55. The van der Waals surface area contributed by atoms with Crippen molar-refractivity contribution < 1.29 is 14.3 Å². The molecule has 0 saturated heterocycles. The van der Waals surface area contributed by atoms with E-state index in [9.17, 15) is 4.79 Å². The van der Waals surface area contributed by atoms with Gasteiger partial charge in [-0.1, -0.05) is 0 Å². The second kappa shape index (κ2) is 7.43. The molecule has 1 radical (unpaired) electrons. The van der Waals surface area contributed by atoms with Crippen LogP contribution < -0.4 is 0 Å². The maximum absolute atomic E-state index is 9.45. The maximum Gasteiger partial charge on any atom is 0.417 e. The zero-order valence-electron chi connectivity index (χ0n) is 5.55. The first-order chi connectivity index (χ1) is 4.41. The Morgan fingerprint density at radius 3 is 2.78 bits per heavy atom. The number of ether oxygens (including phenoxy) is 2. The fraction of sp³-hybridized carbons (Fsp3) is 0.833. The lowest BCUT2D eigenvalue weighted by atomic mass is 10.5. The van der Waals surface area contributed by atoms with Crippen LogP contribution in [0.1, 0.15) is 13.3 Å². The Bertz CT molecular complexity index is 63.3. The van der Waals surface area contributed by atoms with Gasteiger partial charge in [-0.25, -0.2) is 4.79 Å². The summed E-state index contributed by atoms with van der Waals surface area (Å²) in [6, 6.07) is 0. The van der Waals surface area contributed by atoms with Gasteiger partial charge in [-0.2, -0.15) is 0 Å². The number of hydrogen-bond donors (Lipinski definition) is 0. The molecular formula is C6H11O3. The van der Waals surface area contributed by atoms with E-state index in [2.05, 4.69) is 4.74 Å². The van der Waals surface area contributed by atoms with Crippen molar-refractivity contribution >= 4 is 6.47 Å². The van der Waals surface area contributed by atoms with E-state index in [-0.39, 0.29) is 0 Å². The molecule has 0 aromatic carbocycles. The van der Waals surface area contributed by atoms with Crippen LogP contribution in [0.4, 0.5) is 0 Å². The Hall–Kier alpha value is -0.570. The second-order valence-corrected chi connectivity index (χ2v) is 1.48. The number of hydrogen-bond acceptors (Lipinski definition) is 3. The molecule has 0 rings (SSSR count). The first-order valence-corrected chi connectivity index (χ1v) is 2.98. The van der Waals surface area contributed by atoms with Crippen molar-refractivity contribution in [1.82, 2.24) is 0 Å². The minimum Gasteiger partial charge on any atom is -0.457 e. The van der Waals surface area contributed by atoms with Gasteiger partial charge >= 0.3 is 6.47 Å². The summed E-state index contributed by atoms with van der Waals surface area (Å²) >= 11 is 0. The van der Waals surface area contributed by atoms with E-state index < -0.39 is 0 Å². The predicted molar refractivity (Wildman–Crippen MR) is 32.8 cm³/mol. The summed E-state index contributed by atoms with van der Waals surface area (Å²) in [7, 11) is 0.